The molecule has 2 rings (SSSR count). The van der Waals surface area contributed by atoms with Gasteiger partial charge in [-0.1, -0.05) is 6.08 Å². The highest BCUT2D eigenvalue weighted by Gasteiger charge is 2.51. The summed E-state index contributed by atoms with van der Waals surface area (Å²) in [6.45, 7) is 8.36. The Balaban J connectivity index is 2.11. The van der Waals surface area contributed by atoms with E-state index in [1.165, 1.54) is 0 Å². The lowest BCUT2D eigenvalue weighted by molar-refractivity contribution is -0.330. The highest BCUT2D eigenvalue weighted by atomic mass is 32.3. The molecule has 0 aromatic heterocycles. The standard InChI is InChI=1S/C16H28O10S/c1-5-16(4)7-6-10(24-16)15(2,3)25-14-12(19)11(18)13(9(8-17)23-14)26-27(20,21)22/h5,9-14,17-19H,1,6-8H2,2-4H3,(H,20,21,22)/t9-,10+,11-,12-,13-,14+,16-/m1/s1. The van der Waals surface area contributed by atoms with Gasteiger partial charge in [-0.15, -0.1) is 6.58 Å². The fourth-order valence-electron chi connectivity index (χ4n) is 3.28. The summed E-state index contributed by atoms with van der Waals surface area (Å²) in [5.41, 5.74) is -1.44. The lowest BCUT2D eigenvalue weighted by Gasteiger charge is -2.44. The molecule has 2 saturated heterocycles. The average Bonchev–Trinajstić information content (AvgIpc) is 2.97. The molecule has 0 bridgehead atoms. The molecule has 2 fully saturated rings. The molecule has 2 aliphatic heterocycles. The van der Waals surface area contributed by atoms with E-state index < -0.39 is 58.9 Å². The minimum Gasteiger partial charge on any atom is -0.394 e. The zero-order valence-electron chi connectivity index (χ0n) is 15.5. The van der Waals surface area contributed by atoms with Crippen molar-refractivity contribution in [3.63, 3.8) is 0 Å². The van der Waals surface area contributed by atoms with E-state index in [1.54, 1.807) is 19.9 Å². The first-order chi connectivity index (χ1) is 12.3. The molecular weight excluding hydrogens is 384 g/mol. The van der Waals surface area contributed by atoms with E-state index in [0.29, 0.717) is 6.42 Å². The summed E-state index contributed by atoms with van der Waals surface area (Å²) in [5, 5.41) is 29.9. The maximum Gasteiger partial charge on any atom is 0.397 e. The van der Waals surface area contributed by atoms with Gasteiger partial charge in [-0.05, 0) is 33.6 Å². The molecule has 0 radical (unpaired) electrons. The van der Waals surface area contributed by atoms with Crippen molar-refractivity contribution in [1.82, 2.24) is 0 Å². The Morgan fingerprint density at radius 3 is 2.44 bits per heavy atom. The Kier molecular flexibility index (Phi) is 6.72. The normalized spacial score (nSPS) is 40.9. The summed E-state index contributed by atoms with van der Waals surface area (Å²) >= 11 is 0. The van der Waals surface area contributed by atoms with Crippen molar-refractivity contribution in [1.29, 1.82) is 0 Å². The summed E-state index contributed by atoms with van der Waals surface area (Å²) in [6.07, 6.45) is -5.16. The summed E-state index contributed by atoms with van der Waals surface area (Å²) in [5.74, 6) is 0. The van der Waals surface area contributed by atoms with Crippen molar-refractivity contribution in [2.75, 3.05) is 6.61 Å². The maximum absolute atomic E-state index is 10.9. The summed E-state index contributed by atoms with van der Waals surface area (Å²) in [4.78, 5) is 0. The van der Waals surface area contributed by atoms with Gasteiger partial charge in [0.25, 0.3) is 0 Å². The van der Waals surface area contributed by atoms with E-state index in [-0.39, 0.29) is 6.10 Å². The molecule has 0 aromatic carbocycles. The monoisotopic (exact) mass is 412 g/mol. The molecule has 0 amide bonds. The molecular formula is C16H28O10S. The van der Waals surface area contributed by atoms with Gasteiger partial charge >= 0.3 is 10.4 Å². The van der Waals surface area contributed by atoms with Crippen LogP contribution in [0.15, 0.2) is 12.7 Å². The number of hydrogen-bond acceptors (Lipinski definition) is 9. The predicted octanol–water partition coefficient (Wildman–Crippen LogP) is -0.468. The molecule has 11 heteroatoms. The van der Waals surface area contributed by atoms with Crippen molar-refractivity contribution in [2.45, 2.75) is 81.6 Å². The fraction of sp³-hybridized carbons (Fsp3) is 0.875. The SMILES string of the molecule is C=C[C@]1(C)CC[C@@H](C(C)(C)O[C@@H]2O[C@H](CO)[C@@H](OS(=O)(=O)O)[C@H](O)[C@H]2O)O1. The second kappa shape index (κ2) is 8.01. The topological polar surface area (TPSA) is 152 Å². The molecule has 27 heavy (non-hydrogen) atoms. The minimum atomic E-state index is -4.94. The van der Waals surface area contributed by atoms with Crippen LogP contribution in [0.1, 0.15) is 33.6 Å². The molecule has 0 unspecified atom stereocenters. The van der Waals surface area contributed by atoms with Gasteiger partial charge in [-0.3, -0.25) is 4.55 Å². The number of hydrogen-bond donors (Lipinski definition) is 4. The first-order valence-electron chi connectivity index (χ1n) is 8.59. The lowest BCUT2D eigenvalue weighted by Crippen LogP contribution is -2.62. The van der Waals surface area contributed by atoms with Crippen LogP contribution in [-0.2, 0) is 28.8 Å². The number of ether oxygens (including phenoxy) is 3. The van der Waals surface area contributed by atoms with E-state index in [9.17, 15) is 23.7 Å². The second-order valence-corrected chi connectivity index (χ2v) is 8.63. The van der Waals surface area contributed by atoms with Crippen LogP contribution in [0, 0.1) is 0 Å². The Bertz CT molecular complexity index is 633. The molecule has 2 aliphatic rings. The lowest BCUT2D eigenvalue weighted by atomic mass is 9.95. The van der Waals surface area contributed by atoms with Gasteiger partial charge in [0, 0.05) is 0 Å². The number of aliphatic hydroxyl groups is 3. The van der Waals surface area contributed by atoms with Crippen LogP contribution in [0.2, 0.25) is 0 Å². The van der Waals surface area contributed by atoms with Crippen LogP contribution in [0.4, 0.5) is 0 Å². The molecule has 0 aromatic rings. The van der Waals surface area contributed by atoms with Gasteiger partial charge in [0.05, 0.1) is 23.9 Å². The van der Waals surface area contributed by atoms with Crippen molar-refractivity contribution >= 4 is 10.4 Å². The van der Waals surface area contributed by atoms with Gasteiger partial charge in [0.15, 0.2) is 6.29 Å². The van der Waals surface area contributed by atoms with E-state index in [4.69, 9.17) is 18.8 Å². The molecule has 10 nitrogen and oxygen atoms in total. The van der Waals surface area contributed by atoms with Crippen molar-refractivity contribution in [3.05, 3.63) is 12.7 Å². The number of aliphatic hydroxyl groups excluding tert-OH is 3. The van der Waals surface area contributed by atoms with Crippen LogP contribution in [0.3, 0.4) is 0 Å². The zero-order chi connectivity index (χ0) is 20.6. The first-order valence-corrected chi connectivity index (χ1v) is 9.96. The molecule has 4 N–H and O–H groups in total. The van der Waals surface area contributed by atoms with Crippen LogP contribution in [0.25, 0.3) is 0 Å². The van der Waals surface area contributed by atoms with Gasteiger partial charge in [-0.25, -0.2) is 4.18 Å². The van der Waals surface area contributed by atoms with Crippen LogP contribution < -0.4 is 0 Å². The van der Waals surface area contributed by atoms with E-state index >= 15 is 0 Å². The van der Waals surface area contributed by atoms with Crippen molar-refractivity contribution in [3.8, 4) is 0 Å². The van der Waals surface area contributed by atoms with Crippen molar-refractivity contribution in [2.24, 2.45) is 0 Å². The van der Waals surface area contributed by atoms with E-state index in [1.807, 2.05) is 6.92 Å². The third-order valence-corrected chi connectivity index (χ3v) is 5.46. The Morgan fingerprint density at radius 2 is 1.96 bits per heavy atom. The summed E-state index contributed by atoms with van der Waals surface area (Å²) in [6, 6.07) is 0. The second-order valence-electron chi connectivity index (χ2n) is 7.58. The molecule has 0 aliphatic carbocycles. The Labute approximate surface area is 158 Å². The van der Waals surface area contributed by atoms with Crippen LogP contribution >= 0.6 is 0 Å². The smallest absolute Gasteiger partial charge is 0.394 e. The molecule has 7 atom stereocenters. The summed E-state index contributed by atoms with van der Waals surface area (Å²) in [7, 11) is -4.94. The van der Waals surface area contributed by atoms with E-state index in [0.717, 1.165) is 6.42 Å². The molecule has 2 heterocycles. The summed E-state index contributed by atoms with van der Waals surface area (Å²) < 4.78 is 52.2. The van der Waals surface area contributed by atoms with Crippen LogP contribution in [0.5, 0.6) is 0 Å². The highest BCUT2D eigenvalue weighted by Crippen LogP contribution is 2.39. The third kappa shape index (κ3) is 5.25. The van der Waals surface area contributed by atoms with Gasteiger partial charge in [-0.2, -0.15) is 8.42 Å². The Morgan fingerprint density at radius 1 is 1.33 bits per heavy atom. The maximum atomic E-state index is 10.9. The average molecular weight is 412 g/mol. The first kappa shape index (κ1) is 22.7. The third-order valence-electron chi connectivity index (χ3n) is 4.99. The Hall–Kier alpha value is -0.630. The largest absolute Gasteiger partial charge is 0.397 e. The minimum absolute atomic E-state index is 0.354. The fourth-order valence-corrected chi connectivity index (χ4v) is 3.80. The van der Waals surface area contributed by atoms with Gasteiger partial charge < -0.3 is 29.5 Å². The quantitative estimate of drug-likeness (QED) is 0.319. The number of rotatable bonds is 7. The van der Waals surface area contributed by atoms with Gasteiger partial charge in [0.1, 0.15) is 24.4 Å². The van der Waals surface area contributed by atoms with Crippen molar-refractivity contribution < 1.29 is 46.7 Å². The molecule has 0 saturated carbocycles. The van der Waals surface area contributed by atoms with Crippen LogP contribution in [-0.4, -0.2) is 82.9 Å². The zero-order valence-corrected chi connectivity index (χ0v) is 16.3. The highest BCUT2D eigenvalue weighted by molar-refractivity contribution is 7.80. The van der Waals surface area contributed by atoms with Gasteiger partial charge in [0.2, 0.25) is 0 Å². The molecule has 158 valence electrons. The molecule has 0 spiro atoms. The predicted molar refractivity (Wildman–Crippen MR) is 92.1 cm³/mol. The van der Waals surface area contributed by atoms with E-state index in [2.05, 4.69) is 10.8 Å².